The number of anilines is 3. The Morgan fingerprint density at radius 3 is 2.76 bits per heavy atom. The molecule has 37 heavy (non-hydrogen) atoms. The highest BCUT2D eigenvalue weighted by molar-refractivity contribution is 5.94. The number of carbonyl (C=O) groups is 1. The fraction of sp³-hybridized carbons (Fsp3) is 0.538. The van der Waals surface area contributed by atoms with Crippen LogP contribution in [0.5, 0.6) is 0 Å². The molecule has 11 heteroatoms. The van der Waals surface area contributed by atoms with Crippen molar-refractivity contribution in [3.63, 3.8) is 0 Å². The fourth-order valence-electron chi connectivity index (χ4n) is 5.69. The van der Waals surface area contributed by atoms with Gasteiger partial charge in [0.1, 0.15) is 5.69 Å². The zero-order chi connectivity index (χ0) is 25.5. The molecular formula is C26H35N9O2. The molecule has 0 saturated carbocycles. The third kappa shape index (κ3) is 4.87. The standard InChI is InChI=1S/C26H35N9O2/c1-31-10-11-35-21(17-31)13-23(29-35)28-22-14-24(30-32(2)26(22)37)34-9-5-6-19(16-34)27-25(36)18-12-20-7-3-4-8-33(20)15-18/h12-15,19H,3-11,16-17H2,1-2H3,(H,27,36)(H,28,29)/t19-/m1/s1. The lowest BCUT2D eigenvalue weighted by Gasteiger charge is -2.34. The lowest BCUT2D eigenvalue weighted by molar-refractivity contribution is 0.0933. The number of carbonyl (C=O) groups excluding carboxylic acids is 1. The molecule has 1 amide bonds. The van der Waals surface area contributed by atoms with Crippen LogP contribution in [0.2, 0.25) is 0 Å². The van der Waals surface area contributed by atoms with E-state index >= 15 is 0 Å². The quantitative estimate of drug-likeness (QED) is 0.544. The number of fused-ring (bicyclic) bond motifs is 2. The van der Waals surface area contributed by atoms with E-state index in [1.165, 1.54) is 23.2 Å². The Bertz CT molecular complexity index is 1350. The van der Waals surface area contributed by atoms with Gasteiger partial charge in [0.2, 0.25) is 0 Å². The van der Waals surface area contributed by atoms with Crippen LogP contribution in [0, 0.1) is 0 Å². The molecule has 0 bridgehead atoms. The highest BCUT2D eigenvalue weighted by Crippen LogP contribution is 2.23. The number of hydrogen-bond acceptors (Lipinski definition) is 7. The second-order valence-electron chi connectivity index (χ2n) is 10.6. The first-order valence-corrected chi connectivity index (χ1v) is 13.3. The molecule has 1 fully saturated rings. The summed E-state index contributed by atoms with van der Waals surface area (Å²) in [5, 5.41) is 15.6. The predicted molar refractivity (Wildman–Crippen MR) is 141 cm³/mol. The number of hydrogen-bond donors (Lipinski definition) is 2. The van der Waals surface area contributed by atoms with Crippen molar-refractivity contribution in [3.05, 3.63) is 51.7 Å². The van der Waals surface area contributed by atoms with Gasteiger partial charge in [-0.1, -0.05) is 0 Å². The Labute approximate surface area is 216 Å². The third-order valence-corrected chi connectivity index (χ3v) is 7.71. The first-order valence-electron chi connectivity index (χ1n) is 13.3. The van der Waals surface area contributed by atoms with E-state index in [2.05, 4.69) is 42.2 Å². The molecule has 3 aliphatic heterocycles. The maximum atomic E-state index is 13.0. The highest BCUT2D eigenvalue weighted by atomic mass is 16.2. The summed E-state index contributed by atoms with van der Waals surface area (Å²) in [6.07, 6.45) is 7.24. The Morgan fingerprint density at radius 2 is 1.89 bits per heavy atom. The van der Waals surface area contributed by atoms with Gasteiger partial charge < -0.3 is 20.1 Å². The molecule has 3 aromatic rings. The number of piperidine rings is 1. The van der Waals surface area contributed by atoms with Crippen molar-refractivity contribution >= 4 is 23.2 Å². The van der Waals surface area contributed by atoms with Crippen molar-refractivity contribution in [1.29, 1.82) is 0 Å². The van der Waals surface area contributed by atoms with Crippen LogP contribution in [0.15, 0.2) is 29.2 Å². The van der Waals surface area contributed by atoms with Crippen molar-refractivity contribution in [2.45, 2.75) is 57.8 Å². The van der Waals surface area contributed by atoms with Crippen molar-refractivity contribution in [2.75, 3.05) is 36.9 Å². The van der Waals surface area contributed by atoms with E-state index in [0.29, 0.717) is 23.9 Å². The summed E-state index contributed by atoms with van der Waals surface area (Å²) < 4.78 is 5.58. The van der Waals surface area contributed by atoms with Crippen LogP contribution in [-0.4, -0.2) is 67.7 Å². The molecule has 0 aromatic carbocycles. The second-order valence-corrected chi connectivity index (χ2v) is 10.6. The molecule has 3 aromatic heterocycles. The maximum absolute atomic E-state index is 13.0. The summed E-state index contributed by atoms with van der Waals surface area (Å²) in [5.41, 5.74) is 3.37. The molecule has 1 atom stereocenters. The van der Waals surface area contributed by atoms with E-state index in [1.807, 2.05) is 23.0 Å². The topological polar surface area (TPSA) is 105 Å². The number of rotatable bonds is 5. The van der Waals surface area contributed by atoms with Gasteiger partial charge in [0.05, 0.1) is 17.8 Å². The van der Waals surface area contributed by atoms with Crippen LogP contribution in [0.4, 0.5) is 17.3 Å². The number of nitrogens with zero attached hydrogens (tertiary/aromatic N) is 7. The van der Waals surface area contributed by atoms with Crippen LogP contribution >= 0.6 is 0 Å². The predicted octanol–water partition coefficient (Wildman–Crippen LogP) is 1.70. The maximum Gasteiger partial charge on any atom is 0.290 e. The zero-order valence-corrected chi connectivity index (χ0v) is 21.6. The van der Waals surface area contributed by atoms with Gasteiger partial charge in [-0.3, -0.25) is 19.2 Å². The van der Waals surface area contributed by atoms with E-state index in [9.17, 15) is 9.59 Å². The third-order valence-electron chi connectivity index (χ3n) is 7.71. The van der Waals surface area contributed by atoms with E-state index < -0.39 is 0 Å². The van der Waals surface area contributed by atoms with Crippen LogP contribution in [0.1, 0.15) is 47.4 Å². The zero-order valence-electron chi connectivity index (χ0n) is 21.6. The average molecular weight is 506 g/mol. The van der Waals surface area contributed by atoms with Crippen molar-refractivity contribution in [1.82, 2.24) is 34.3 Å². The van der Waals surface area contributed by atoms with E-state index in [-0.39, 0.29) is 17.5 Å². The van der Waals surface area contributed by atoms with Gasteiger partial charge >= 0.3 is 0 Å². The minimum atomic E-state index is -0.202. The van der Waals surface area contributed by atoms with Gasteiger partial charge in [-0.15, -0.1) is 0 Å². The van der Waals surface area contributed by atoms with Crippen LogP contribution in [-0.2, 0) is 33.1 Å². The first kappa shape index (κ1) is 23.8. The number of likely N-dealkylation sites (N-methyl/N-ethyl adjacent to an activating group) is 1. The Balaban J connectivity index is 1.16. The molecule has 196 valence electrons. The second kappa shape index (κ2) is 9.70. The van der Waals surface area contributed by atoms with Gasteiger partial charge in [0.15, 0.2) is 11.6 Å². The van der Waals surface area contributed by atoms with Crippen LogP contribution in [0.25, 0.3) is 0 Å². The summed E-state index contributed by atoms with van der Waals surface area (Å²) >= 11 is 0. The Hall–Kier alpha value is -3.60. The minimum Gasteiger partial charge on any atom is -0.353 e. The first-order chi connectivity index (χ1) is 17.9. The van der Waals surface area contributed by atoms with E-state index in [4.69, 9.17) is 0 Å². The smallest absolute Gasteiger partial charge is 0.290 e. The molecule has 0 unspecified atom stereocenters. The summed E-state index contributed by atoms with van der Waals surface area (Å²) in [4.78, 5) is 30.3. The van der Waals surface area contributed by atoms with E-state index in [0.717, 1.165) is 63.2 Å². The average Bonchev–Trinajstić information content (AvgIpc) is 3.50. The largest absolute Gasteiger partial charge is 0.353 e. The number of aromatic nitrogens is 5. The molecule has 11 nitrogen and oxygen atoms in total. The lowest BCUT2D eigenvalue weighted by atomic mass is 10.1. The minimum absolute atomic E-state index is 0.0149. The molecule has 3 aliphatic rings. The van der Waals surface area contributed by atoms with Gasteiger partial charge in [0, 0.05) is 69.8 Å². The summed E-state index contributed by atoms with van der Waals surface area (Å²) in [6, 6.07) is 5.86. The van der Waals surface area contributed by atoms with Crippen molar-refractivity contribution in [3.8, 4) is 0 Å². The molecule has 2 N–H and O–H groups in total. The van der Waals surface area contributed by atoms with Crippen molar-refractivity contribution in [2.24, 2.45) is 7.05 Å². The normalized spacial score (nSPS) is 19.8. The summed E-state index contributed by atoms with van der Waals surface area (Å²) in [6.45, 7) is 5.08. The van der Waals surface area contributed by atoms with Gasteiger partial charge in [-0.2, -0.15) is 10.2 Å². The monoisotopic (exact) mass is 505 g/mol. The SMILES string of the molecule is CN1CCn2nc(Nc3cc(N4CCC[C@@H](NC(=O)c5cc6n(c5)CCCC6)C4)nn(C)c3=O)cc2C1. The van der Waals surface area contributed by atoms with Crippen LogP contribution < -0.4 is 21.1 Å². The molecule has 0 radical (unpaired) electrons. The van der Waals surface area contributed by atoms with Crippen LogP contribution in [0.3, 0.4) is 0 Å². The molecule has 6 rings (SSSR count). The summed E-state index contributed by atoms with van der Waals surface area (Å²) in [7, 11) is 3.76. The Kier molecular flexibility index (Phi) is 6.23. The number of aryl methyl sites for hydroxylation is 3. The summed E-state index contributed by atoms with van der Waals surface area (Å²) in [5.74, 6) is 1.36. The number of nitrogens with one attached hydrogen (secondary N) is 2. The van der Waals surface area contributed by atoms with Crippen molar-refractivity contribution < 1.29 is 4.79 Å². The van der Waals surface area contributed by atoms with Gasteiger partial charge in [-0.25, -0.2) is 4.68 Å². The molecule has 1 saturated heterocycles. The number of amides is 1. The Morgan fingerprint density at radius 1 is 1.00 bits per heavy atom. The van der Waals surface area contributed by atoms with Gasteiger partial charge in [0.25, 0.3) is 11.5 Å². The molecule has 6 heterocycles. The lowest BCUT2D eigenvalue weighted by Crippen LogP contribution is -2.48. The van der Waals surface area contributed by atoms with E-state index in [1.54, 1.807) is 13.1 Å². The molecular weight excluding hydrogens is 470 g/mol. The van der Waals surface area contributed by atoms with Gasteiger partial charge in [-0.05, 0) is 45.2 Å². The molecule has 0 spiro atoms. The highest BCUT2D eigenvalue weighted by Gasteiger charge is 2.25. The molecule has 0 aliphatic carbocycles. The fourth-order valence-corrected chi connectivity index (χ4v) is 5.69.